The van der Waals surface area contributed by atoms with Crippen molar-refractivity contribution in [2.45, 2.75) is 70.1 Å². The van der Waals surface area contributed by atoms with Crippen molar-refractivity contribution < 1.29 is 41.4 Å². The van der Waals surface area contributed by atoms with Gasteiger partial charge < -0.3 is 10.0 Å². The Bertz CT molecular complexity index is 1180. The van der Waals surface area contributed by atoms with Crippen molar-refractivity contribution in [3.63, 3.8) is 0 Å². The molecule has 1 heterocycles. The number of alkyl halides is 3. The molecule has 12 heteroatoms. The monoisotopic (exact) mass is 541 g/mol. The van der Waals surface area contributed by atoms with Gasteiger partial charge in [0, 0.05) is 18.5 Å². The number of benzene rings is 1. The SMILES string of the molecule is O=C(CN(Cc1cc(F)cc(F)c1)C(=O)c1cnn([C@H]2CC[C@H](C(=O)O)CC2)c1C(F)(F)F)C1CCCC1. The molecule has 1 aromatic heterocycles. The number of ketones is 1. The van der Waals surface area contributed by atoms with E-state index in [0.717, 1.165) is 40.8 Å². The lowest BCUT2D eigenvalue weighted by atomic mass is 9.86. The van der Waals surface area contributed by atoms with Crippen LogP contribution in [0, 0.1) is 23.5 Å². The Morgan fingerprint density at radius 3 is 2.11 bits per heavy atom. The highest BCUT2D eigenvalue weighted by Gasteiger charge is 2.43. The summed E-state index contributed by atoms with van der Waals surface area (Å²) >= 11 is 0. The van der Waals surface area contributed by atoms with Crippen LogP contribution in [0.5, 0.6) is 0 Å². The van der Waals surface area contributed by atoms with E-state index in [4.69, 9.17) is 0 Å². The molecule has 0 spiro atoms. The Balaban J connectivity index is 1.66. The van der Waals surface area contributed by atoms with Crippen molar-refractivity contribution in [3.05, 3.63) is 52.9 Å². The smallest absolute Gasteiger partial charge is 0.433 e. The summed E-state index contributed by atoms with van der Waals surface area (Å²) in [7, 11) is 0. The maximum atomic E-state index is 14.3. The Kier molecular flexibility index (Phi) is 8.17. The third kappa shape index (κ3) is 6.21. The van der Waals surface area contributed by atoms with Crippen LogP contribution in [0.2, 0.25) is 0 Å². The van der Waals surface area contributed by atoms with Gasteiger partial charge in [0.2, 0.25) is 0 Å². The Hall–Kier alpha value is -3.31. The zero-order valence-electron chi connectivity index (χ0n) is 20.5. The summed E-state index contributed by atoms with van der Waals surface area (Å²) in [4.78, 5) is 38.6. The molecule has 0 unspecified atom stereocenters. The lowest BCUT2D eigenvalue weighted by Crippen LogP contribution is -2.38. The van der Waals surface area contributed by atoms with Crippen LogP contribution in [0.4, 0.5) is 22.0 Å². The number of rotatable bonds is 8. The summed E-state index contributed by atoms with van der Waals surface area (Å²) in [5.74, 6) is -5.28. The van der Waals surface area contributed by atoms with E-state index in [9.17, 15) is 41.4 Å². The largest absolute Gasteiger partial charge is 0.481 e. The lowest BCUT2D eigenvalue weighted by molar-refractivity contribution is -0.147. The Morgan fingerprint density at radius 1 is 0.947 bits per heavy atom. The van der Waals surface area contributed by atoms with Gasteiger partial charge in [0.1, 0.15) is 11.6 Å². The highest BCUT2D eigenvalue weighted by atomic mass is 19.4. The van der Waals surface area contributed by atoms with E-state index < -0.39 is 66.0 Å². The number of carboxylic acid groups (broad SMARTS) is 1. The van der Waals surface area contributed by atoms with E-state index in [2.05, 4.69) is 5.10 Å². The van der Waals surface area contributed by atoms with Crippen molar-refractivity contribution in [2.75, 3.05) is 6.54 Å². The zero-order valence-corrected chi connectivity index (χ0v) is 20.5. The fourth-order valence-electron chi connectivity index (χ4n) is 5.50. The van der Waals surface area contributed by atoms with Crippen LogP contribution in [-0.4, -0.2) is 44.0 Å². The minimum absolute atomic E-state index is 0.0111. The molecule has 1 amide bonds. The fraction of sp³-hybridized carbons (Fsp3) is 0.538. The van der Waals surface area contributed by atoms with Gasteiger partial charge in [0.05, 0.1) is 30.3 Å². The van der Waals surface area contributed by atoms with E-state index in [-0.39, 0.29) is 42.9 Å². The molecule has 1 N–H and O–H groups in total. The van der Waals surface area contributed by atoms with E-state index in [1.807, 2.05) is 0 Å². The summed E-state index contributed by atoms with van der Waals surface area (Å²) in [5, 5.41) is 13.1. The van der Waals surface area contributed by atoms with Gasteiger partial charge in [-0.25, -0.2) is 8.78 Å². The van der Waals surface area contributed by atoms with Crippen LogP contribution < -0.4 is 0 Å². The van der Waals surface area contributed by atoms with Gasteiger partial charge in [-0.2, -0.15) is 18.3 Å². The quantitative estimate of drug-likeness (QED) is 0.452. The second-order valence-corrected chi connectivity index (χ2v) is 10.1. The molecular formula is C26H28F5N3O4. The number of amides is 1. The van der Waals surface area contributed by atoms with Crippen molar-refractivity contribution in [3.8, 4) is 0 Å². The molecule has 0 radical (unpaired) electrons. The highest BCUT2D eigenvalue weighted by molar-refractivity contribution is 5.98. The molecule has 0 bridgehead atoms. The molecule has 206 valence electrons. The van der Waals surface area contributed by atoms with Gasteiger partial charge in [0.15, 0.2) is 11.5 Å². The maximum Gasteiger partial charge on any atom is 0.433 e. The van der Waals surface area contributed by atoms with E-state index in [1.54, 1.807) is 0 Å². The number of nitrogens with zero attached hydrogens (tertiary/aromatic N) is 3. The summed E-state index contributed by atoms with van der Waals surface area (Å²) in [6.07, 6.45) is -0.667. The van der Waals surface area contributed by atoms with Crippen molar-refractivity contribution in [2.24, 2.45) is 11.8 Å². The number of hydrogen-bond donors (Lipinski definition) is 1. The van der Waals surface area contributed by atoms with Crippen molar-refractivity contribution in [1.29, 1.82) is 0 Å². The predicted molar refractivity (Wildman–Crippen MR) is 124 cm³/mol. The van der Waals surface area contributed by atoms with Crippen LogP contribution in [0.3, 0.4) is 0 Å². The second kappa shape index (κ2) is 11.2. The number of aliphatic carboxylic acids is 1. The van der Waals surface area contributed by atoms with Crippen LogP contribution in [-0.2, 0) is 22.3 Å². The summed E-state index contributed by atoms with van der Waals surface area (Å²) < 4.78 is 71.2. The summed E-state index contributed by atoms with van der Waals surface area (Å²) in [5.41, 5.74) is -2.07. The van der Waals surface area contributed by atoms with Gasteiger partial charge in [-0.05, 0) is 56.2 Å². The van der Waals surface area contributed by atoms with E-state index in [0.29, 0.717) is 18.9 Å². The molecule has 0 saturated heterocycles. The Labute approximate surface area is 215 Å². The first-order valence-corrected chi connectivity index (χ1v) is 12.6. The number of carbonyl (C=O) groups excluding carboxylic acids is 2. The molecule has 2 aliphatic rings. The van der Waals surface area contributed by atoms with Gasteiger partial charge in [0.25, 0.3) is 5.91 Å². The molecule has 0 atom stereocenters. The summed E-state index contributed by atoms with van der Waals surface area (Å²) in [6, 6.07) is 1.79. The van der Waals surface area contributed by atoms with Crippen LogP contribution in [0.25, 0.3) is 0 Å². The number of carboxylic acids is 1. The first-order chi connectivity index (χ1) is 17.9. The van der Waals surface area contributed by atoms with E-state index >= 15 is 0 Å². The third-order valence-corrected chi connectivity index (χ3v) is 7.43. The van der Waals surface area contributed by atoms with Gasteiger partial charge in [-0.3, -0.25) is 19.1 Å². The fourth-order valence-corrected chi connectivity index (χ4v) is 5.50. The molecule has 38 heavy (non-hydrogen) atoms. The normalized spacial score (nSPS) is 20.4. The average Bonchev–Trinajstić information content (AvgIpc) is 3.53. The average molecular weight is 542 g/mol. The number of aromatic nitrogens is 2. The van der Waals surface area contributed by atoms with Gasteiger partial charge in [-0.1, -0.05) is 12.8 Å². The Morgan fingerprint density at radius 2 is 1.55 bits per heavy atom. The number of Topliss-reactive ketones (excluding diaryl/α,β-unsaturated/α-hetero) is 1. The molecule has 0 aliphatic heterocycles. The molecule has 2 aliphatic carbocycles. The van der Waals surface area contributed by atoms with E-state index in [1.165, 1.54) is 0 Å². The molecule has 4 rings (SSSR count). The summed E-state index contributed by atoms with van der Waals surface area (Å²) in [6.45, 7) is -0.980. The van der Waals surface area contributed by atoms with Crippen LogP contribution in [0.15, 0.2) is 24.4 Å². The zero-order chi connectivity index (χ0) is 27.6. The molecule has 1 aromatic carbocycles. The van der Waals surface area contributed by atoms with Crippen molar-refractivity contribution >= 4 is 17.7 Å². The second-order valence-electron chi connectivity index (χ2n) is 10.1. The van der Waals surface area contributed by atoms with Crippen LogP contribution >= 0.6 is 0 Å². The number of halogens is 5. The lowest BCUT2D eigenvalue weighted by Gasteiger charge is -2.28. The predicted octanol–water partition coefficient (Wildman–Crippen LogP) is 5.40. The van der Waals surface area contributed by atoms with Crippen molar-refractivity contribution in [1.82, 2.24) is 14.7 Å². The molecule has 2 aromatic rings. The standard InChI is InChI=1S/C26H28F5N3O4/c27-18-9-15(10-19(28)11-18)13-33(14-22(35)16-3-1-2-4-16)24(36)21-12-32-34(23(21)26(29,30)31)20-7-5-17(6-8-20)25(37)38/h9-12,16-17,20H,1-8,13-14H2,(H,37,38)/t17-,20-. The minimum Gasteiger partial charge on any atom is -0.481 e. The number of carbonyl (C=O) groups is 3. The molecule has 2 fully saturated rings. The van der Waals surface area contributed by atoms with Crippen LogP contribution in [0.1, 0.15) is 79.0 Å². The third-order valence-electron chi connectivity index (χ3n) is 7.43. The minimum atomic E-state index is -4.97. The molecular weight excluding hydrogens is 513 g/mol. The number of hydrogen-bond acceptors (Lipinski definition) is 4. The van der Waals surface area contributed by atoms with Gasteiger partial charge in [-0.15, -0.1) is 0 Å². The highest BCUT2D eigenvalue weighted by Crippen LogP contribution is 2.39. The first kappa shape index (κ1) is 27.7. The van der Waals surface area contributed by atoms with Gasteiger partial charge >= 0.3 is 12.1 Å². The molecule has 7 nitrogen and oxygen atoms in total. The molecule has 2 saturated carbocycles. The first-order valence-electron chi connectivity index (χ1n) is 12.6. The topological polar surface area (TPSA) is 92.5 Å². The maximum absolute atomic E-state index is 14.3.